The lowest BCUT2D eigenvalue weighted by Gasteiger charge is -2.35. The Balaban J connectivity index is 1.26. The lowest BCUT2D eigenvalue weighted by molar-refractivity contribution is 0.0877. The summed E-state index contributed by atoms with van der Waals surface area (Å²) in [6.07, 6.45) is 0. The van der Waals surface area contributed by atoms with Crippen LogP contribution in [0.2, 0.25) is 0 Å². The fourth-order valence-corrected chi connectivity index (χ4v) is 12.2. The van der Waals surface area contributed by atoms with Crippen molar-refractivity contribution in [3.8, 4) is 46.0 Å². The molecule has 0 spiro atoms. The SMILES string of the molecule is CC(C)c1cccc(C(C)C)c1N1C(=O)c2cc(Oc3ccccc3)c3c4c(Oc5ccccc5)cc5c6c(cc(Oc7ccccc7)c(c7c(Oc8ccccc8)cc(c2c37)C1=O)c64)C(=O)N(c1c(C(C)C)cccc1C(C)C)C5=O. The molecule has 0 unspecified atom stereocenters. The average molecular weight is 1080 g/mol. The number of ether oxygens (including phenoxy) is 4. The standard InChI is InChI=1S/C72H58N2O8/c1-39(2)47-31-21-32-48(40(3)4)67(47)73-69(75)51-35-55(79-43-23-13-9-14-24-43)61-63-57(81-45-27-17-11-18-28-45)37-53-60-54(72(78)74(71(53)77)68-49(41(5)6)33-22-34-50(68)42(7)8)38-58(82-46-29-19-12-20-30-46)64(66(60)63)62-56(80-44-25-15-10-16-26-44)36-52(70(73)76)59(51)65(61)62/h9-42H,1-8H3. The minimum Gasteiger partial charge on any atom is -0.457 e. The van der Waals surface area contributed by atoms with Crippen LogP contribution < -0.4 is 28.7 Å². The highest BCUT2D eigenvalue weighted by atomic mass is 16.5. The molecule has 0 atom stereocenters. The number of carbonyl (C=O) groups excluding carboxylic acids is 4. The Bertz CT molecular complexity index is 3870. The van der Waals surface area contributed by atoms with E-state index in [0.29, 0.717) is 77.5 Å². The van der Waals surface area contributed by atoms with Gasteiger partial charge in [-0.3, -0.25) is 19.2 Å². The van der Waals surface area contributed by atoms with E-state index in [4.69, 9.17) is 18.9 Å². The summed E-state index contributed by atoms with van der Waals surface area (Å²) in [6.45, 7) is 16.5. The van der Waals surface area contributed by atoms with E-state index in [1.165, 1.54) is 9.80 Å². The van der Waals surface area contributed by atoms with Gasteiger partial charge in [-0.15, -0.1) is 0 Å². The van der Waals surface area contributed by atoms with Gasteiger partial charge in [0.2, 0.25) is 0 Å². The van der Waals surface area contributed by atoms with Crippen molar-refractivity contribution < 1.29 is 38.1 Å². The number of amides is 4. The van der Waals surface area contributed by atoms with Gasteiger partial charge in [0, 0.05) is 43.1 Å². The van der Waals surface area contributed by atoms with E-state index >= 15 is 19.2 Å². The molecular formula is C72H58N2O8. The number of hydrogen-bond donors (Lipinski definition) is 0. The maximum absolute atomic E-state index is 16.1. The van der Waals surface area contributed by atoms with Crippen LogP contribution in [0.4, 0.5) is 11.4 Å². The summed E-state index contributed by atoms with van der Waals surface area (Å²) >= 11 is 0. The van der Waals surface area contributed by atoms with E-state index in [0.717, 1.165) is 22.3 Å². The first-order valence-corrected chi connectivity index (χ1v) is 28.0. The second kappa shape index (κ2) is 20.1. The first-order chi connectivity index (χ1) is 39.7. The number of anilines is 2. The van der Waals surface area contributed by atoms with Crippen LogP contribution >= 0.6 is 0 Å². The summed E-state index contributed by atoms with van der Waals surface area (Å²) in [4.78, 5) is 67.1. The third-order valence-corrected chi connectivity index (χ3v) is 15.9. The Morgan fingerprint density at radius 2 is 0.488 bits per heavy atom. The lowest BCUT2D eigenvalue weighted by atomic mass is 9.80. The van der Waals surface area contributed by atoms with Crippen molar-refractivity contribution in [3.63, 3.8) is 0 Å². The van der Waals surface area contributed by atoms with Gasteiger partial charge in [-0.2, -0.15) is 0 Å². The van der Waals surface area contributed by atoms with Crippen molar-refractivity contribution in [3.05, 3.63) is 226 Å². The van der Waals surface area contributed by atoms with E-state index in [2.05, 4.69) is 55.4 Å². The monoisotopic (exact) mass is 1080 g/mol. The molecule has 0 saturated heterocycles. The largest absolute Gasteiger partial charge is 0.457 e. The van der Waals surface area contributed by atoms with Gasteiger partial charge in [-0.1, -0.05) is 165 Å². The molecule has 2 aliphatic heterocycles. The minimum atomic E-state index is -0.532. The zero-order chi connectivity index (χ0) is 56.8. The highest BCUT2D eigenvalue weighted by Gasteiger charge is 2.44. The van der Waals surface area contributed by atoms with Crippen molar-refractivity contribution in [2.45, 2.75) is 79.1 Å². The predicted molar refractivity (Wildman–Crippen MR) is 325 cm³/mol. The number of para-hydroxylation sites is 6. The van der Waals surface area contributed by atoms with E-state index < -0.39 is 23.6 Å². The molecule has 0 bridgehead atoms. The number of hydrogen-bond acceptors (Lipinski definition) is 8. The van der Waals surface area contributed by atoms with Gasteiger partial charge in [0.25, 0.3) is 23.6 Å². The minimum absolute atomic E-state index is 0.0576. The number of benzene rings is 11. The molecule has 11 aromatic rings. The van der Waals surface area contributed by atoms with Crippen LogP contribution in [-0.2, 0) is 0 Å². The molecule has 13 rings (SSSR count). The Labute approximate surface area is 475 Å². The zero-order valence-electron chi connectivity index (χ0n) is 46.8. The molecule has 0 saturated carbocycles. The molecule has 0 aromatic heterocycles. The van der Waals surface area contributed by atoms with E-state index in [-0.39, 0.29) is 68.9 Å². The van der Waals surface area contributed by atoms with Crippen molar-refractivity contribution >= 4 is 78.1 Å². The second-order valence-electron chi connectivity index (χ2n) is 22.4. The summed E-state index contributed by atoms with van der Waals surface area (Å²) in [5, 5.41) is 3.40. The highest BCUT2D eigenvalue weighted by Crippen LogP contribution is 2.59. The van der Waals surface area contributed by atoms with Crippen molar-refractivity contribution in [1.29, 1.82) is 0 Å². The van der Waals surface area contributed by atoms with Crippen LogP contribution in [-0.4, -0.2) is 23.6 Å². The molecule has 0 aliphatic carbocycles. The van der Waals surface area contributed by atoms with E-state index in [1.54, 1.807) is 24.3 Å². The second-order valence-corrected chi connectivity index (χ2v) is 22.4. The quantitative estimate of drug-likeness (QED) is 0.0601. The fourth-order valence-electron chi connectivity index (χ4n) is 12.2. The summed E-state index contributed by atoms with van der Waals surface area (Å²) < 4.78 is 28.6. The molecule has 2 heterocycles. The topological polar surface area (TPSA) is 112 Å². The number of fused-ring (bicyclic) bond motifs is 2. The molecule has 82 heavy (non-hydrogen) atoms. The van der Waals surface area contributed by atoms with Gasteiger partial charge < -0.3 is 18.9 Å². The molecule has 0 fully saturated rings. The number of nitrogens with zero attached hydrogens (tertiary/aromatic N) is 2. The predicted octanol–water partition coefficient (Wildman–Crippen LogP) is 19.0. The maximum Gasteiger partial charge on any atom is 0.266 e. The Kier molecular flexibility index (Phi) is 12.6. The first kappa shape index (κ1) is 51.6. The summed E-state index contributed by atoms with van der Waals surface area (Å²) in [5.74, 6) is 0.492. The average Bonchev–Trinajstić information content (AvgIpc) is 1.49. The van der Waals surface area contributed by atoms with Crippen molar-refractivity contribution in [2.75, 3.05) is 9.80 Å². The molecule has 4 amide bonds. The van der Waals surface area contributed by atoms with Gasteiger partial charge in [0.05, 0.1) is 33.6 Å². The molecule has 11 aromatic carbocycles. The molecule has 10 heteroatoms. The van der Waals surface area contributed by atoms with Gasteiger partial charge in [-0.25, -0.2) is 9.80 Å². The normalized spacial score (nSPS) is 13.4. The lowest BCUT2D eigenvalue weighted by Crippen LogP contribution is -2.42. The Hall–Kier alpha value is -9.80. The number of imide groups is 2. The highest BCUT2D eigenvalue weighted by molar-refractivity contribution is 6.48. The molecule has 0 radical (unpaired) electrons. The van der Waals surface area contributed by atoms with Gasteiger partial charge >= 0.3 is 0 Å². The van der Waals surface area contributed by atoms with Crippen LogP contribution in [0, 0.1) is 0 Å². The zero-order valence-corrected chi connectivity index (χ0v) is 46.8. The van der Waals surface area contributed by atoms with E-state index in [9.17, 15) is 0 Å². The van der Waals surface area contributed by atoms with Crippen molar-refractivity contribution in [2.24, 2.45) is 0 Å². The molecular weight excluding hydrogens is 1020 g/mol. The molecule has 404 valence electrons. The third kappa shape index (κ3) is 8.22. The molecule has 0 N–H and O–H groups in total. The number of carbonyl (C=O) groups is 4. The van der Waals surface area contributed by atoms with Crippen LogP contribution in [0.25, 0.3) is 43.1 Å². The third-order valence-electron chi connectivity index (χ3n) is 15.9. The van der Waals surface area contributed by atoms with Crippen LogP contribution in [0.3, 0.4) is 0 Å². The van der Waals surface area contributed by atoms with E-state index in [1.807, 2.05) is 158 Å². The Morgan fingerprint density at radius 3 is 0.695 bits per heavy atom. The molecule has 10 nitrogen and oxygen atoms in total. The summed E-state index contributed by atoms with van der Waals surface area (Å²) in [6, 6.07) is 56.0. The van der Waals surface area contributed by atoms with Crippen LogP contribution in [0.15, 0.2) is 182 Å². The molecule has 2 aliphatic rings. The summed E-state index contributed by atoms with van der Waals surface area (Å²) in [5.41, 5.74) is 5.34. The smallest absolute Gasteiger partial charge is 0.266 e. The van der Waals surface area contributed by atoms with Crippen LogP contribution in [0.1, 0.15) is 143 Å². The van der Waals surface area contributed by atoms with Gasteiger partial charge in [-0.05, 0) is 119 Å². The van der Waals surface area contributed by atoms with Gasteiger partial charge in [0.15, 0.2) is 0 Å². The Morgan fingerprint density at radius 1 is 0.268 bits per heavy atom. The fraction of sp³-hybridized carbons (Fsp3) is 0.167. The van der Waals surface area contributed by atoms with Crippen LogP contribution in [0.5, 0.6) is 46.0 Å². The summed E-state index contributed by atoms with van der Waals surface area (Å²) in [7, 11) is 0. The van der Waals surface area contributed by atoms with Gasteiger partial charge in [0.1, 0.15) is 46.0 Å². The number of rotatable bonds is 14. The first-order valence-electron chi connectivity index (χ1n) is 28.0. The van der Waals surface area contributed by atoms with Crippen molar-refractivity contribution in [1.82, 2.24) is 0 Å². The maximum atomic E-state index is 16.1.